The van der Waals surface area contributed by atoms with Gasteiger partial charge in [0.1, 0.15) is 24.0 Å². The van der Waals surface area contributed by atoms with E-state index in [0.717, 1.165) is 5.35 Å². The zero-order valence-electron chi connectivity index (χ0n) is 13.5. The van der Waals surface area contributed by atoms with Crippen LogP contribution < -0.4 is 15.3 Å². The van der Waals surface area contributed by atoms with Gasteiger partial charge in [0.2, 0.25) is 5.78 Å². The van der Waals surface area contributed by atoms with Crippen molar-refractivity contribution >= 4 is 60.2 Å². The summed E-state index contributed by atoms with van der Waals surface area (Å²) < 4.78 is 17.6. The Kier molecular flexibility index (Phi) is 9.50. The highest BCUT2D eigenvalue weighted by Gasteiger charge is 2.18. The van der Waals surface area contributed by atoms with Crippen LogP contribution in [0.25, 0.3) is 12.2 Å². The Morgan fingerprint density at radius 1 is 1.54 bits per heavy atom. The van der Waals surface area contributed by atoms with Crippen LogP contribution in [0.5, 0.6) is 0 Å². The number of Topliss-reactive ketones (excluding diaryl/α,β-unsaturated/α-hetero) is 1. The molecule has 5 nitrogen and oxygen atoms in total. The number of carbonyl (C=O) groups excluding carboxylic acids is 1. The molecule has 130 valence electrons. The summed E-state index contributed by atoms with van der Waals surface area (Å²) >= 11 is 3.54. The maximum Gasteiger partial charge on any atom is 0.222 e. The quantitative estimate of drug-likeness (QED) is 0.153. The molecule has 1 rings (SSSR count). The summed E-state index contributed by atoms with van der Waals surface area (Å²) in [4.78, 5) is 14.3. The fourth-order valence-electron chi connectivity index (χ4n) is 1.96. The molecule has 0 saturated heterocycles. The molecule has 1 aromatic rings. The second kappa shape index (κ2) is 10.8. The molecule has 0 spiro atoms. The molecule has 24 heavy (non-hydrogen) atoms. The van der Waals surface area contributed by atoms with Crippen molar-refractivity contribution in [1.82, 2.24) is 13.6 Å². The Hall–Kier alpha value is -0.960. The normalized spacial score (nSPS) is 13.2. The molecule has 0 atom stereocenters. The van der Waals surface area contributed by atoms with Gasteiger partial charge in [0, 0.05) is 57.2 Å². The number of alkyl halides is 1. The average molecular weight is 480 g/mol. The van der Waals surface area contributed by atoms with Crippen molar-refractivity contribution in [2.75, 3.05) is 33.6 Å². The van der Waals surface area contributed by atoms with E-state index in [-0.39, 0.29) is 11.4 Å². The standard InChI is InChI=1S/C15H18FIN4OS2/c1-20(2)10-12(9-18)15(22)14-8-11(4-6-16)13(21(14)24-17)5-7-19-23-3/h4-5,8,10,19H,6-7H2,1-3H3/b11-4-,12-10+,13-5+. The van der Waals surface area contributed by atoms with Crippen molar-refractivity contribution in [3.63, 3.8) is 0 Å². The highest BCUT2D eigenvalue weighted by Crippen LogP contribution is 2.17. The lowest BCUT2D eigenvalue weighted by atomic mass is 10.1. The molecule has 0 fully saturated rings. The first-order chi connectivity index (χ1) is 11.5. The topological polar surface area (TPSA) is 61.1 Å². The lowest BCUT2D eigenvalue weighted by Crippen LogP contribution is -2.28. The van der Waals surface area contributed by atoms with E-state index in [1.54, 1.807) is 29.0 Å². The average Bonchev–Trinajstić information content (AvgIpc) is 2.90. The third kappa shape index (κ3) is 5.54. The fourth-order valence-corrected chi connectivity index (χ4v) is 3.95. The molecule has 0 bridgehead atoms. The van der Waals surface area contributed by atoms with E-state index in [9.17, 15) is 14.4 Å². The maximum atomic E-state index is 12.8. The zero-order chi connectivity index (χ0) is 18.1. The van der Waals surface area contributed by atoms with E-state index < -0.39 is 6.67 Å². The van der Waals surface area contributed by atoms with Gasteiger partial charge in [-0.25, -0.2) is 4.39 Å². The molecule has 0 aliphatic rings. The molecule has 1 N–H and O–H groups in total. The van der Waals surface area contributed by atoms with Crippen LogP contribution in [0.15, 0.2) is 17.8 Å². The highest BCUT2D eigenvalue weighted by atomic mass is 127. The molecular weight excluding hydrogens is 462 g/mol. The van der Waals surface area contributed by atoms with Gasteiger partial charge in [0.15, 0.2) is 0 Å². The van der Waals surface area contributed by atoms with E-state index in [1.165, 1.54) is 33.3 Å². The maximum absolute atomic E-state index is 12.8. The molecule has 0 aromatic carbocycles. The first-order valence-electron chi connectivity index (χ1n) is 6.86. The Balaban J connectivity index is 3.53. The molecule has 0 saturated carbocycles. The zero-order valence-corrected chi connectivity index (χ0v) is 17.3. The van der Waals surface area contributed by atoms with E-state index in [2.05, 4.69) is 25.9 Å². The van der Waals surface area contributed by atoms with E-state index in [4.69, 9.17) is 0 Å². The highest BCUT2D eigenvalue weighted by molar-refractivity contribution is 14.2. The van der Waals surface area contributed by atoms with Gasteiger partial charge in [0.05, 0.1) is 5.35 Å². The number of ketones is 1. The van der Waals surface area contributed by atoms with Crippen molar-refractivity contribution < 1.29 is 9.18 Å². The monoisotopic (exact) mass is 480 g/mol. The first kappa shape index (κ1) is 21.1. The number of nitrogens with one attached hydrogen (secondary N) is 1. The van der Waals surface area contributed by atoms with Gasteiger partial charge < -0.3 is 4.90 Å². The van der Waals surface area contributed by atoms with E-state index in [1.807, 2.05) is 18.4 Å². The molecule has 0 amide bonds. The van der Waals surface area contributed by atoms with Crippen molar-refractivity contribution in [1.29, 1.82) is 5.26 Å². The summed E-state index contributed by atoms with van der Waals surface area (Å²) in [5.74, 6) is -0.388. The summed E-state index contributed by atoms with van der Waals surface area (Å²) in [7, 11) is 4.79. The van der Waals surface area contributed by atoms with E-state index >= 15 is 0 Å². The van der Waals surface area contributed by atoms with Crippen molar-refractivity contribution in [3.05, 3.63) is 34.1 Å². The molecule has 9 heteroatoms. The first-order valence-corrected chi connectivity index (χ1v) is 11.4. The fraction of sp³-hybridized carbons (Fsp3) is 0.333. The minimum absolute atomic E-state index is 0.0322. The second-order valence-electron chi connectivity index (χ2n) is 4.80. The number of hydrogen-bond donors (Lipinski definition) is 1. The van der Waals surface area contributed by atoms with Crippen molar-refractivity contribution in [3.8, 4) is 6.07 Å². The number of halogens is 2. The Bertz CT molecular complexity index is 768. The number of nitriles is 1. The predicted octanol–water partition coefficient (Wildman–Crippen LogP) is 1.88. The smallest absolute Gasteiger partial charge is 0.222 e. The van der Waals surface area contributed by atoms with Gasteiger partial charge in [-0.3, -0.25) is 13.5 Å². The number of nitrogens with zero attached hydrogens (tertiary/aromatic N) is 3. The minimum Gasteiger partial charge on any atom is -0.382 e. The third-order valence-electron chi connectivity index (χ3n) is 2.90. The van der Waals surface area contributed by atoms with Gasteiger partial charge in [-0.05, 0) is 29.7 Å². The van der Waals surface area contributed by atoms with Crippen molar-refractivity contribution in [2.45, 2.75) is 0 Å². The molecule has 0 radical (unpaired) electrons. The second-order valence-corrected chi connectivity index (χ2v) is 7.18. The predicted molar refractivity (Wildman–Crippen MR) is 109 cm³/mol. The van der Waals surface area contributed by atoms with Crippen LogP contribution >= 0.6 is 42.3 Å². The Morgan fingerprint density at radius 3 is 2.75 bits per heavy atom. The Labute approximate surface area is 161 Å². The van der Waals surface area contributed by atoms with E-state index in [0.29, 0.717) is 17.5 Å². The number of aromatic nitrogens is 1. The van der Waals surface area contributed by atoms with Gasteiger partial charge in [0.25, 0.3) is 0 Å². The summed E-state index contributed by atoms with van der Waals surface area (Å²) in [5, 5.41) is 10.6. The number of rotatable bonds is 8. The molecule has 0 unspecified atom stereocenters. The van der Waals surface area contributed by atoms with Crippen LogP contribution in [-0.2, 0) is 0 Å². The third-order valence-corrected chi connectivity index (χ3v) is 5.07. The Morgan fingerprint density at radius 2 is 2.25 bits per heavy atom. The lowest BCUT2D eigenvalue weighted by molar-refractivity contribution is 0.103. The molecule has 0 aliphatic carbocycles. The molecule has 0 aliphatic heterocycles. The number of allylic oxidation sites excluding steroid dienone is 1. The summed E-state index contributed by atoms with van der Waals surface area (Å²) in [5.41, 5.74) is 0.379. The number of carbonyl (C=O) groups is 1. The number of hydrogen-bond acceptors (Lipinski definition) is 6. The lowest BCUT2D eigenvalue weighted by Gasteiger charge is -2.07. The van der Waals surface area contributed by atoms with Crippen LogP contribution in [-0.4, -0.2) is 48.2 Å². The van der Waals surface area contributed by atoms with Crippen LogP contribution in [0, 0.1) is 11.3 Å². The van der Waals surface area contributed by atoms with Gasteiger partial charge in [-0.1, -0.05) is 11.9 Å². The van der Waals surface area contributed by atoms with Crippen LogP contribution in [0.4, 0.5) is 4.39 Å². The SMILES string of the molecule is CSNC/C=c1\c(=C/CF)cc(C(=O)/C(C#N)=C/N(C)C)n1SI. The largest absolute Gasteiger partial charge is 0.382 e. The van der Waals surface area contributed by atoms with Gasteiger partial charge in [-0.15, -0.1) is 0 Å². The minimum atomic E-state index is -0.626. The summed E-state index contributed by atoms with van der Waals surface area (Å²) in [6.07, 6.45) is 6.71. The van der Waals surface area contributed by atoms with Gasteiger partial charge >= 0.3 is 0 Å². The van der Waals surface area contributed by atoms with Crippen LogP contribution in [0.2, 0.25) is 0 Å². The summed E-state index contributed by atoms with van der Waals surface area (Å²) in [6, 6.07) is 3.56. The van der Waals surface area contributed by atoms with Crippen LogP contribution in [0.1, 0.15) is 10.5 Å². The van der Waals surface area contributed by atoms with Gasteiger partial charge in [-0.2, -0.15) is 5.26 Å². The molecular formula is C15H18FIN4OS2. The molecule has 1 heterocycles. The summed E-state index contributed by atoms with van der Waals surface area (Å²) in [6.45, 7) is -0.0548. The van der Waals surface area contributed by atoms with Crippen molar-refractivity contribution in [2.24, 2.45) is 0 Å². The van der Waals surface area contributed by atoms with Crippen LogP contribution in [0.3, 0.4) is 0 Å². The molecule has 1 aromatic heterocycles.